The zero-order valence-corrected chi connectivity index (χ0v) is 12.2. The first-order chi connectivity index (χ1) is 9.08. The first kappa shape index (κ1) is 13.4. The van der Waals surface area contributed by atoms with Gasteiger partial charge >= 0.3 is 5.97 Å². The summed E-state index contributed by atoms with van der Waals surface area (Å²) in [4.78, 5) is 14.1. The van der Waals surface area contributed by atoms with Crippen LogP contribution in [0, 0.1) is 23.7 Å². The van der Waals surface area contributed by atoms with Crippen LogP contribution in [-0.4, -0.2) is 35.1 Å². The summed E-state index contributed by atoms with van der Waals surface area (Å²) in [7, 11) is 2.14. The molecule has 4 atom stereocenters. The second-order valence-electron chi connectivity index (χ2n) is 7.25. The van der Waals surface area contributed by atoms with E-state index < -0.39 is 5.97 Å². The molecular formula is C16H27NO2. The van der Waals surface area contributed by atoms with Crippen LogP contribution in [0.1, 0.15) is 51.9 Å². The third-order valence-corrected chi connectivity index (χ3v) is 6.27. The molecule has 0 aromatic rings. The summed E-state index contributed by atoms with van der Waals surface area (Å²) in [5.74, 6) is 1.32. The summed E-state index contributed by atoms with van der Waals surface area (Å²) in [6.45, 7) is 2.34. The molecule has 108 valence electrons. The van der Waals surface area contributed by atoms with Gasteiger partial charge in [-0.2, -0.15) is 0 Å². The van der Waals surface area contributed by atoms with Crippen LogP contribution in [-0.2, 0) is 4.79 Å². The van der Waals surface area contributed by atoms with Crippen molar-refractivity contribution in [3.05, 3.63) is 0 Å². The van der Waals surface area contributed by atoms with Crippen molar-refractivity contribution in [2.75, 3.05) is 7.05 Å². The highest BCUT2D eigenvalue weighted by molar-refractivity contribution is 5.71. The molecule has 2 saturated heterocycles. The van der Waals surface area contributed by atoms with Crippen molar-refractivity contribution in [2.45, 2.75) is 64.0 Å². The lowest BCUT2D eigenvalue weighted by Gasteiger charge is -2.45. The second-order valence-corrected chi connectivity index (χ2v) is 7.25. The molecule has 19 heavy (non-hydrogen) atoms. The molecule has 0 radical (unpaired) electrons. The Morgan fingerprint density at radius 1 is 1.11 bits per heavy atom. The van der Waals surface area contributed by atoms with Crippen molar-refractivity contribution in [1.29, 1.82) is 0 Å². The topological polar surface area (TPSA) is 40.5 Å². The fourth-order valence-electron chi connectivity index (χ4n) is 5.05. The number of hydrogen-bond donors (Lipinski definition) is 1. The third kappa shape index (κ3) is 2.31. The molecule has 2 unspecified atom stereocenters. The third-order valence-electron chi connectivity index (χ3n) is 6.27. The van der Waals surface area contributed by atoms with Crippen LogP contribution in [0.4, 0.5) is 0 Å². The van der Waals surface area contributed by atoms with Gasteiger partial charge in [-0.05, 0) is 56.9 Å². The molecule has 1 aliphatic carbocycles. The van der Waals surface area contributed by atoms with E-state index in [1.54, 1.807) is 0 Å². The summed E-state index contributed by atoms with van der Waals surface area (Å²) in [6.07, 6.45) is 8.57. The fourth-order valence-corrected chi connectivity index (χ4v) is 5.05. The summed E-state index contributed by atoms with van der Waals surface area (Å²) >= 11 is 0. The zero-order valence-electron chi connectivity index (χ0n) is 12.2. The Balaban J connectivity index is 1.78. The predicted molar refractivity (Wildman–Crippen MR) is 74.9 cm³/mol. The molecule has 3 nitrogen and oxygen atoms in total. The lowest BCUT2D eigenvalue weighted by molar-refractivity contribution is -0.150. The molecule has 3 heteroatoms. The number of hydrogen-bond acceptors (Lipinski definition) is 2. The van der Waals surface area contributed by atoms with Crippen molar-refractivity contribution in [1.82, 2.24) is 4.90 Å². The van der Waals surface area contributed by atoms with Gasteiger partial charge in [0, 0.05) is 12.1 Å². The van der Waals surface area contributed by atoms with Crippen molar-refractivity contribution < 1.29 is 9.90 Å². The number of carboxylic acids is 1. The van der Waals surface area contributed by atoms with E-state index in [1.165, 1.54) is 32.1 Å². The largest absolute Gasteiger partial charge is 0.481 e. The second kappa shape index (κ2) is 5.08. The van der Waals surface area contributed by atoms with Crippen LogP contribution in [0.15, 0.2) is 0 Å². The maximum Gasteiger partial charge on any atom is 0.308 e. The van der Waals surface area contributed by atoms with Gasteiger partial charge in [0.25, 0.3) is 0 Å². The minimum atomic E-state index is -0.541. The zero-order chi connectivity index (χ0) is 13.6. The smallest absolute Gasteiger partial charge is 0.308 e. The number of nitrogens with zero attached hydrogens (tertiary/aromatic N) is 1. The monoisotopic (exact) mass is 265 g/mol. The molecule has 1 saturated carbocycles. The number of fused-ring (bicyclic) bond motifs is 2. The number of carbonyl (C=O) groups is 1. The van der Waals surface area contributed by atoms with Crippen molar-refractivity contribution in [2.24, 2.45) is 23.7 Å². The molecule has 3 fully saturated rings. The van der Waals surface area contributed by atoms with Gasteiger partial charge in [-0.25, -0.2) is 0 Å². The van der Waals surface area contributed by atoms with E-state index in [1.807, 2.05) is 0 Å². The summed E-state index contributed by atoms with van der Waals surface area (Å²) in [6, 6.07) is 0.963. The van der Waals surface area contributed by atoms with E-state index in [0.717, 1.165) is 18.8 Å². The van der Waals surface area contributed by atoms with E-state index in [4.69, 9.17) is 0 Å². The Hall–Kier alpha value is -0.570. The standard InChI is InChI=1S/C16H27NO2/c1-10-3-5-11(6-4-10)13-9-12-7-8-14(17(12)2)15(13)16(18)19/h10-15H,3-9H2,1-2H3,(H,18,19)/t10?,11?,12-,13-,14?,15?/m1/s1. The first-order valence-electron chi connectivity index (χ1n) is 8.02. The molecule has 0 amide bonds. The fraction of sp³-hybridized carbons (Fsp3) is 0.938. The van der Waals surface area contributed by atoms with Gasteiger partial charge in [-0.1, -0.05) is 19.8 Å². The van der Waals surface area contributed by atoms with Gasteiger partial charge in [0.05, 0.1) is 5.92 Å². The van der Waals surface area contributed by atoms with Gasteiger partial charge in [-0.3, -0.25) is 9.69 Å². The Morgan fingerprint density at radius 2 is 1.79 bits per heavy atom. The van der Waals surface area contributed by atoms with E-state index in [-0.39, 0.29) is 5.92 Å². The van der Waals surface area contributed by atoms with Gasteiger partial charge in [0.2, 0.25) is 0 Å². The molecule has 3 rings (SSSR count). The van der Waals surface area contributed by atoms with Crippen molar-refractivity contribution in [3.8, 4) is 0 Å². The molecule has 0 aromatic heterocycles. The van der Waals surface area contributed by atoms with Crippen LogP contribution in [0.25, 0.3) is 0 Å². The quantitative estimate of drug-likeness (QED) is 0.834. The van der Waals surface area contributed by atoms with Gasteiger partial charge in [0.1, 0.15) is 0 Å². The minimum Gasteiger partial charge on any atom is -0.481 e. The molecule has 0 aromatic carbocycles. The summed E-state index contributed by atoms with van der Waals surface area (Å²) in [5, 5.41) is 9.70. The highest BCUT2D eigenvalue weighted by Gasteiger charge is 2.50. The molecule has 3 aliphatic rings. The Bertz CT molecular complexity index is 349. The average Bonchev–Trinajstić information content (AvgIpc) is 2.63. The SMILES string of the molecule is CC1CCC([C@H]2C[C@H]3CCC(C2C(=O)O)N3C)CC1. The van der Waals surface area contributed by atoms with E-state index in [2.05, 4.69) is 18.9 Å². The molecule has 2 bridgehead atoms. The first-order valence-corrected chi connectivity index (χ1v) is 8.02. The van der Waals surface area contributed by atoms with Crippen LogP contribution < -0.4 is 0 Å². The highest BCUT2D eigenvalue weighted by Crippen LogP contribution is 2.48. The number of rotatable bonds is 2. The van der Waals surface area contributed by atoms with Gasteiger partial charge in [-0.15, -0.1) is 0 Å². The molecule has 0 spiro atoms. The van der Waals surface area contributed by atoms with Crippen LogP contribution >= 0.6 is 0 Å². The van der Waals surface area contributed by atoms with Crippen LogP contribution in [0.2, 0.25) is 0 Å². The lowest BCUT2D eigenvalue weighted by atomic mass is 9.67. The molecule has 2 heterocycles. The number of piperidine rings is 1. The van der Waals surface area contributed by atoms with E-state index in [9.17, 15) is 9.90 Å². The van der Waals surface area contributed by atoms with Crippen molar-refractivity contribution in [3.63, 3.8) is 0 Å². The number of aliphatic carboxylic acids is 1. The normalized spacial score (nSPS) is 47.3. The lowest BCUT2D eigenvalue weighted by Crippen LogP contribution is -2.51. The van der Waals surface area contributed by atoms with E-state index in [0.29, 0.717) is 23.9 Å². The molecular weight excluding hydrogens is 238 g/mol. The molecule has 1 N–H and O–H groups in total. The van der Waals surface area contributed by atoms with E-state index >= 15 is 0 Å². The number of carboxylic acid groups (broad SMARTS) is 1. The predicted octanol–water partition coefficient (Wildman–Crippen LogP) is 3.00. The minimum absolute atomic E-state index is 0.109. The van der Waals surface area contributed by atoms with Crippen molar-refractivity contribution >= 4 is 5.97 Å². The summed E-state index contributed by atoms with van der Waals surface area (Å²) < 4.78 is 0. The van der Waals surface area contributed by atoms with Crippen LogP contribution in [0.5, 0.6) is 0 Å². The summed E-state index contributed by atoms with van der Waals surface area (Å²) in [5.41, 5.74) is 0. The maximum absolute atomic E-state index is 11.8. The molecule has 2 aliphatic heterocycles. The Kier molecular flexibility index (Phi) is 3.59. The van der Waals surface area contributed by atoms with Gasteiger partial charge < -0.3 is 5.11 Å². The maximum atomic E-state index is 11.8. The van der Waals surface area contributed by atoms with Crippen LogP contribution in [0.3, 0.4) is 0 Å². The average molecular weight is 265 g/mol. The Labute approximate surface area is 116 Å². The van der Waals surface area contributed by atoms with Gasteiger partial charge in [0.15, 0.2) is 0 Å². The highest BCUT2D eigenvalue weighted by atomic mass is 16.4. The Morgan fingerprint density at radius 3 is 2.42 bits per heavy atom.